The molecule has 0 bridgehead atoms. The fourth-order valence-corrected chi connectivity index (χ4v) is 2.59. The highest BCUT2D eigenvalue weighted by Gasteiger charge is 2.37. The molecule has 102 valence electrons. The minimum absolute atomic E-state index is 0.0607. The minimum atomic E-state index is -0.457. The number of Topliss-reactive ketones (excluding diaryl/α,β-unsaturated/α-hetero) is 1. The Balaban J connectivity index is 2.18. The molecule has 2 rings (SSSR count). The lowest BCUT2D eigenvalue weighted by molar-refractivity contribution is -0.153. The predicted octanol–water partition coefficient (Wildman–Crippen LogP) is 1.78. The standard InChI is InChI=1S/C15H19NO3/c1-11-8-13(17)9-14(15(18)19-2)16(11)10-12-6-4-3-5-7-12/h3-7,11,14H,8-10H2,1-2H3/t11?,14-/m0/s1. The summed E-state index contributed by atoms with van der Waals surface area (Å²) in [6, 6.07) is 9.57. The highest BCUT2D eigenvalue weighted by Crippen LogP contribution is 2.23. The van der Waals surface area contributed by atoms with Crippen LogP contribution < -0.4 is 0 Å². The van der Waals surface area contributed by atoms with Crippen LogP contribution >= 0.6 is 0 Å². The summed E-state index contributed by atoms with van der Waals surface area (Å²) in [4.78, 5) is 25.6. The van der Waals surface area contributed by atoms with Crippen molar-refractivity contribution in [3.8, 4) is 0 Å². The molecular weight excluding hydrogens is 242 g/mol. The molecule has 4 heteroatoms. The molecule has 2 atom stereocenters. The molecule has 1 heterocycles. The summed E-state index contributed by atoms with van der Waals surface area (Å²) < 4.78 is 4.82. The lowest BCUT2D eigenvalue weighted by atomic mass is 9.94. The third-order valence-electron chi connectivity index (χ3n) is 3.59. The van der Waals surface area contributed by atoms with Gasteiger partial charge in [0.15, 0.2) is 0 Å². The SMILES string of the molecule is COC(=O)[C@@H]1CC(=O)CC(C)N1Cc1ccccc1. The van der Waals surface area contributed by atoms with Crippen molar-refractivity contribution in [2.75, 3.05) is 7.11 Å². The van der Waals surface area contributed by atoms with E-state index in [9.17, 15) is 9.59 Å². The maximum Gasteiger partial charge on any atom is 0.323 e. The van der Waals surface area contributed by atoms with Crippen molar-refractivity contribution < 1.29 is 14.3 Å². The van der Waals surface area contributed by atoms with Crippen LogP contribution in [0.15, 0.2) is 30.3 Å². The van der Waals surface area contributed by atoms with Crippen molar-refractivity contribution in [1.82, 2.24) is 4.90 Å². The van der Waals surface area contributed by atoms with Crippen molar-refractivity contribution in [2.45, 2.75) is 38.4 Å². The summed E-state index contributed by atoms with van der Waals surface area (Å²) in [5.41, 5.74) is 1.14. The Morgan fingerprint density at radius 2 is 2.00 bits per heavy atom. The summed E-state index contributed by atoms with van der Waals surface area (Å²) in [5.74, 6) is -0.192. The highest BCUT2D eigenvalue weighted by atomic mass is 16.5. The number of ketones is 1. The third kappa shape index (κ3) is 3.20. The molecule has 0 amide bonds. The van der Waals surface area contributed by atoms with Gasteiger partial charge in [0.2, 0.25) is 0 Å². The molecule has 0 aromatic heterocycles. The van der Waals surface area contributed by atoms with Crippen LogP contribution in [0, 0.1) is 0 Å². The third-order valence-corrected chi connectivity index (χ3v) is 3.59. The molecule has 0 N–H and O–H groups in total. The lowest BCUT2D eigenvalue weighted by Crippen LogP contribution is -2.51. The summed E-state index contributed by atoms with van der Waals surface area (Å²) in [6.45, 7) is 2.64. The second-order valence-electron chi connectivity index (χ2n) is 4.99. The van der Waals surface area contributed by atoms with Gasteiger partial charge in [-0.15, -0.1) is 0 Å². The smallest absolute Gasteiger partial charge is 0.323 e. The first-order valence-electron chi connectivity index (χ1n) is 6.51. The number of carbonyl (C=O) groups is 2. The Bertz CT molecular complexity index is 458. The zero-order valence-electron chi connectivity index (χ0n) is 11.3. The molecule has 1 aliphatic rings. The van der Waals surface area contributed by atoms with Gasteiger partial charge in [0.1, 0.15) is 11.8 Å². The summed E-state index contributed by atoms with van der Waals surface area (Å²) in [7, 11) is 1.37. The van der Waals surface area contributed by atoms with Crippen LogP contribution in [-0.4, -0.2) is 35.8 Å². The maximum absolute atomic E-state index is 11.8. The molecule has 1 saturated heterocycles. The molecule has 0 saturated carbocycles. The molecule has 0 spiro atoms. The molecular formula is C15H19NO3. The van der Waals surface area contributed by atoms with E-state index in [4.69, 9.17) is 4.74 Å². The van der Waals surface area contributed by atoms with Crippen LogP contribution in [0.5, 0.6) is 0 Å². The van der Waals surface area contributed by atoms with Gasteiger partial charge in [-0.2, -0.15) is 0 Å². The van der Waals surface area contributed by atoms with Crippen molar-refractivity contribution in [2.24, 2.45) is 0 Å². The number of hydrogen-bond donors (Lipinski definition) is 0. The van der Waals surface area contributed by atoms with Crippen LogP contribution in [0.1, 0.15) is 25.3 Å². The van der Waals surface area contributed by atoms with Crippen molar-refractivity contribution >= 4 is 11.8 Å². The largest absolute Gasteiger partial charge is 0.468 e. The van der Waals surface area contributed by atoms with Gasteiger partial charge in [0, 0.05) is 25.4 Å². The molecule has 1 fully saturated rings. The van der Waals surface area contributed by atoms with Gasteiger partial charge in [-0.1, -0.05) is 30.3 Å². The number of piperidine rings is 1. The van der Waals surface area contributed by atoms with E-state index in [0.717, 1.165) is 5.56 Å². The number of esters is 1. The van der Waals surface area contributed by atoms with Crippen LogP contribution in [0.3, 0.4) is 0 Å². The van der Waals surface area contributed by atoms with Crippen molar-refractivity contribution in [3.05, 3.63) is 35.9 Å². The topological polar surface area (TPSA) is 46.6 Å². The number of likely N-dealkylation sites (tertiary alicyclic amines) is 1. The highest BCUT2D eigenvalue weighted by molar-refractivity contribution is 5.88. The molecule has 1 unspecified atom stereocenters. The number of carbonyl (C=O) groups excluding carboxylic acids is 2. The molecule has 0 aliphatic carbocycles. The van der Waals surface area contributed by atoms with E-state index >= 15 is 0 Å². The van der Waals surface area contributed by atoms with Crippen molar-refractivity contribution in [1.29, 1.82) is 0 Å². The normalized spacial score (nSPS) is 24.2. The minimum Gasteiger partial charge on any atom is -0.468 e. The first-order chi connectivity index (χ1) is 9.11. The van der Waals surface area contributed by atoms with Crippen LogP contribution in [0.4, 0.5) is 0 Å². The summed E-state index contributed by atoms with van der Waals surface area (Å²) in [5, 5.41) is 0. The average molecular weight is 261 g/mol. The van der Waals surface area contributed by atoms with Crippen molar-refractivity contribution in [3.63, 3.8) is 0 Å². The average Bonchev–Trinajstić information content (AvgIpc) is 2.42. The molecule has 1 aromatic carbocycles. The Hall–Kier alpha value is -1.68. The Kier molecular flexibility index (Phi) is 4.32. The zero-order valence-corrected chi connectivity index (χ0v) is 11.3. The fraction of sp³-hybridized carbons (Fsp3) is 0.467. The number of benzene rings is 1. The first kappa shape index (κ1) is 13.7. The Morgan fingerprint density at radius 3 is 2.63 bits per heavy atom. The van der Waals surface area contributed by atoms with Gasteiger partial charge in [-0.3, -0.25) is 14.5 Å². The number of rotatable bonds is 3. The van der Waals surface area contributed by atoms with Crippen LogP contribution in [-0.2, 0) is 20.9 Å². The van der Waals surface area contributed by atoms with E-state index in [0.29, 0.717) is 13.0 Å². The van der Waals surface area contributed by atoms with Gasteiger partial charge >= 0.3 is 5.97 Å². The van der Waals surface area contributed by atoms with E-state index in [1.807, 2.05) is 37.3 Å². The van der Waals surface area contributed by atoms with E-state index in [-0.39, 0.29) is 24.2 Å². The van der Waals surface area contributed by atoms with Gasteiger partial charge in [0.25, 0.3) is 0 Å². The number of methoxy groups -OCH3 is 1. The maximum atomic E-state index is 11.8. The molecule has 1 aliphatic heterocycles. The predicted molar refractivity (Wildman–Crippen MR) is 71.5 cm³/mol. The Morgan fingerprint density at radius 1 is 1.32 bits per heavy atom. The summed E-state index contributed by atoms with van der Waals surface area (Å²) >= 11 is 0. The monoisotopic (exact) mass is 261 g/mol. The zero-order chi connectivity index (χ0) is 13.8. The summed E-state index contributed by atoms with van der Waals surface area (Å²) in [6.07, 6.45) is 0.754. The van der Waals surface area contributed by atoms with E-state index < -0.39 is 6.04 Å². The molecule has 1 aromatic rings. The van der Waals surface area contributed by atoms with Crippen LogP contribution in [0.2, 0.25) is 0 Å². The number of ether oxygens (including phenoxy) is 1. The quantitative estimate of drug-likeness (QED) is 0.778. The number of nitrogens with zero attached hydrogens (tertiary/aromatic N) is 1. The number of hydrogen-bond acceptors (Lipinski definition) is 4. The van der Waals surface area contributed by atoms with E-state index in [2.05, 4.69) is 4.90 Å². The van der Waals surface area contributed by atoms with E-state index in [1.54, 1.807) is 0 Å². The van der Waals surface area contributed by atoms with Gasteiger partial charge in [-0.25, -0.2) is 0 Å². The van der Waals surface area contributed by atoms with E-state index in [1.165, 1.54) is 7.11 Å². The second-order valence-corrected chi connectivity index (χ2v) is 4.99. The Labute approximate surface area is 113 Å². The van der Waals surface area contributed by atoms with Crippen LogP contribution in [0.25, 0.3) is 0 Å². The van der Waals surface area contributed by atoms with Gasteiger partial charge < -0.3 is 4.74 Å². The second kappa shape index (κ2) is 5.97. The first-order valence-corrected chi connectivity index (χ1v) is 6.51. The molecule has 0 radical (unpaired) electrons. The van der Waals surface area contributed by atoms with Gasteiger partial charge in [-0.05, 0) is 12.5 Å². The van der Waals surface area contributed by atoms with Gasteiger partial charge in [0.05, 0.1) is 7.11 Å². The molecule has 19 heavy (non-hydrogen) atoms. The fourth-order valence-electron chi connectivity index (χ4n) is 2.59. The molecule has 4 nitrogen and oxygen atoms in total. The lowest BCUT2D eigenvalue weighted by Gasteiger charge is -2.38.